The van der Waals surface area contributed by atoms with Crippen LogP contribution in [0.2, 0.25) is 0 Å². The van der Waals surface area contributed by atoms with Gasteiger partial charge in [-0.05, 0) is 73.8 Å². The average molecular weight is 702 g/mol. The number of nitrogens with zero attached hydrogens (tertiary/aromatic N) is 3. The van der Waals surface area contributed by atoms with Crippen LogP contribution in [0.4, 0.5) is 0 Å². The molecule has 0 N–H and O–H groups in total. The highest BCUT2D eigenvalue weighted by atomic mass is 15.0. The van der Waals surface area contributed by atoms with Crippen molar-refractivity contribution in [3.8, 4) is 67.5 Å². The fourth-order valence-electron chi connectivity index (χ4n) is 8.30. The lowest BCUT2D eigenvalue weighted by Crippen LogP contribution is -2.28. The minimum atomic E-state index is -0.446. The third-order valence-electron chi connectivity index (χ3n) is 10.8. The quantitative estimate of drug-likeness (QED) is 0.166. The first kappa shape index (κ1) is 32.4. The first-order valence-electron chi connectivity index (χ1n) is 18.7. The molecule has 0 bridgehead atoms. The third kappa shape index (κ3) is 5.65. The molecule has 0 spiro atoms. The van der Waals surface area contributed by atoms with Gasteiger partial charge in [-0.3, -0.25) is 0 Å². The van der Waals surface area contributed by atoms with Gasteiger partial charge in [0, 0.05) is 16.7 Å². The van der Waals surface area contributed by atoms with Crippen LogP contribution >= 0.6 is 0 Å². The van der Waals surface area contributed by atoms with Gasteiger partial charge in [0.15, 0.2) is 17.5 Å². The summed E-state index contributed by atoms with van der Waals surface area (Å²) in [5.41, 5.74) is 14.7. The summed E-state index contributed by atoms with van der Waals surface area (Å²) in [6.07, 6.45) is 0. The van der Waals surface area contributed by atoms with Crippen molar-refractivity contribution in [2.75, 3.05) is 0 Å². The van der Waals surface area contributed by atoms with Crippen LogP contribution in [0.25, 0.3) is 67.5 Å². The Hall–Kier alpha value is -7.23. The number of aromatic nitrogens is 3. The minimum absolute atomic E-state index is 0.446. The van der Waals surface area contributed by atoms with E-state index in [4.69, 9.17) is 15.0 Å². The van der Waals surface area contributed by atoms with E-state index in [1.807, 2.05) is 60.7 Å². The van der Waals surface area contributed by atoms with Crippen LogP contribution in [0.3, 0.4) is 0 Å². The molecule has 9 aromatic rings. The molecule has 55 heavy (non-hydrogen) atoms. The van der Waals surface area contributed by atoms with E-state index in [-0.39, 0.29) is 0 Å². The maximum atomic E-state index is 4.99. The highest BCUT2D eigenvalue weighted by Crippen LogP contribution is 2.56. The Bertz CT molecular complexity index is 2710. The molecule has 0 amide bonds. The molecule has 0 atom stereocenters. The Morgan fingerprint density at radius 2 is 0.600 bits per heavy atom. The van der Waals surface area contributed by atoms with Gasteiger partial charge in [-0.2, -0.15) is 0 Å². The van der Waals surface area contributed by atoms with Gasteiger partial charge in [-0.25, -0.2) is 15.0 Å². The molecule has 0 saturated carbocycles. The van der Waals surface area contributed by atoms with Gasteiger partial charge in [-0.1, -0.05) is 194 Å². The van der Waals surface area contributed by atoms with Crippen LogP contribution in [0, 0.1) is 0 Å². The highest BCUT2D eigenvalue weighted by molar-refractivity contribution is 5.87. The lowest BCUT2D eigenvalue weighted by Gasteiger charge is -2.34. The van der Waals surface area contributed by atoms with Crippen molar-refractivity contribution in [2.24, 2.45) is 0 Å². The topological polar surface area (TPSA) is 38.7 Å². The zero-order chi connectivity index (χ0) is 36.6. The molecule has 0 unspecified atom stereocenters. The van der Waals surface area contributed by atoms with E-state index >= 15 is 0 Å². The van der Waals surface area contributed by atoms with E-state index in [0.717, 1.165) is 33.4 Å². The van der Waals surface area contributed by atoms with Crippen LogP contribution in [0.1, 0.15) is 22.3 Å². The number of fused-ring (bicyclic) bond motifs is 3. The molecule has 10 rings (SSSR count). The number of hydrogen-bond acceptors (Lipinski definition) is 3. The van der Waals surface area contributed by atoms with Crippen molar-refractivity contribution < 1.29 is 0 Å². The number of hydrogen-bond donors (Lipinski definition) is 0. The van der Waals surface area contributed by atoms with Gasteiger partial charge in [0.05, 0.1) is 5.41 Å². The van der Waals surface area contributed by atoms with Crippen molar-refractivity contribution in [3.05, 3.63) is 235 Å². The fourth-order valence-corrected chi connectivity index (χ4v) is 8.30. The summed E-state index contributed by atoms with van der Waals surface area (Å²) in [7, 11) is 0. The molecule has 3 nitrogen and oxygen atoms in total. The van der Waals surface area contributed by atoms with Crippen molar-refractivity contribution >= 4 is 0 Å². The molecule has 1 aliphatic rings. The molecule has 1 heterocycles. The van der Waals surface area contributed by atoms with Gasteiger partial charge in [0.2, 0.25) is 0 Å². The zero-order valence-electron chi connectivity index (χ0n) is 30.0. The van der Waals surface area contributed by atoms with Crippen molar-refractivity contribution in [1.29, 1.82) is 0 Å². The first-order chi connectivity index (χ1) is 27.3. The second-order valence-electron chi connectivity index (χ2n) is 14.0. The summed E-state index contributed by atoms with van der Waals surface area (Å²) >= 11 is 0. The van der Waals surface area contributed by atoms with E-state index in [1.54, 1.807) is 0 Å². The number of rotatable bonds is 7. The summed E-state index contributed by atoms with van der Waals surface area (Å²) in [4.78, 5) is 14.9. The van der Waals surface area contributed by atoms with Crippen LogP contribution in [-0.4, -0.2) is 15.0 Å². The smallest absolute Gasteiger partial charge is 0.164 e. The third-order valence-corrected chi connectivity index (χ3v) is 10.8. The molecule has 1 aliphatic carbocycles. The normalized spacial score (nSPS) is 12.5. The van der Waals surface area contributed by atoms with Gasteiger partial charge >= 0.3 is 0 Å². The second-order valence-corrected chi connectivity index (χ2v) is 14.0. The summed E-state index contributed by atoms with van der Waals surface area (Å²) < 4.78 is 0. The molecule has 0 radical (unpaired) electrons. The molecule has 3 heteroatoms. The van der Waals surface area contributed by atoms with Crippen molar-refractivity contribution in [2.45, 2.75) is 5.41 Å². The minimum Gasteiger partial charge on any atom is -0.208 e. The SMILES string of the molecule is c1ccc(-c2nc(-c3ccccc3)nc(-c3cccc(-c4cccc(-c5cccc(C6(c7ccccc7)c7ccccc7-c7ccccc76)c5)c4)c3)n2)cc1. The Balaban J connectivity index is 1.07. The van der Waals surface area contributed by atoms with Gasteiger partial charge in [-0.15, -0.1) is 0 Å². The molecule has 0 fully saturated rings. The van der Waals surface area contributed by atoms with E-state index < -0.39 is 5.41 Å². The second kappa shape index (κ2) is 13.6. The van der Waals surface area contributed by atoms with E-state index in [9.17, 15) is 0 Å². The van der Waals surface area contributed by atoms with E-state index in [1.165, 1.54) is 38.9 Å². The van der Waals surface area contributed by atoms with Crippen LogP contribution in [0.5, 0.6) is 0 Å². The Morgan fingerprint density at radius 1 is 0.255 bits per heavy atom. The van der Waals surface area contributed by atoms with Gasteiger partial charge in [0.1, 0.15) is 0 Å². The predicted molar refractivity (Wildman–Crippen MR) is 224 cm³/mol. The number of benzene rings is 8. The van der Waals surface area contributed by atoms with Crippen molar-refractivity contribution in [1.82, 2.24) is 15.0 Å². The Labute approximate surface area is 321 Å². The monoisotopic (exact) mass is 701 g/mol. The molecule has 258 valence electrons. The Kier molecular flexibility index (Phi) is 8.04. The Morgan fingerprint density at radius 3 is 1.13 bits per heavy atom. The van der Waals surface area contributed by atoms with Crippen LogP contribution < -0.4 is 0 Å². The maximum absolute atomic E-state index is 4.99. The summed E-state index contributed by atoms with van der Waals surface area (Å²) in [5.74, 6) is 1.94. The van der Waals surface area contributed by atoms with Gasteiger partial charge < -0.3 is 0 Å². The standard InChI is InChI=1S/C52H35N3/c1-4-17-36(18-5-1)49-53-50(37-19-6-2-7-20-37)55-51(54-49)42-25-15-23-40(34-42)38-21-14-22-39(33-38)41-24-16-28-44(35-41)52(43-26-8-3-9-27-43)47-31-12-10-29-45(47)46-30-11-13-32-48(46)52/h1-35H. The maximum Gasteiger partial charge on any atom is 0.164 e. The molecular weight excluding hydrogens is 667 g/mol. The average Bonchev–Trinajstić information content (AvgIpc) is 3.58. The van der Waals surface area contributed by atoms with Gasteiger partial charge in [0.25, 0.3) is 0 Å². The highest BCUT2D eigenvalue weighted by Gasteiger charge is 2.45. The molecule has 0 aliphatic heterocycles. The van der Waals surface area contributed by atoms with E-state index in [2.05, 4.69) is 152 Å². The molecule has 1 aromatic heterocycles. The predicted octanol–water partition coefficient (Wildman–Crippen LogP) is 12.6. The molecule has 8 aromatic carbocycles. The summed E-state index contributed by atoms with van der Waals surface area (Å²) in [6, 6.07) is 75.4. The lowest BCUT2D eigenvalue weighted by atomic mass is 9.67. The first-order valence-corrected chi connectivity index (χ1v) is 18.7. The zero-order valence-corrected chi connectivity index (χ0v) is 30.0. The summed E-state index contributed by atoms with van der Waals surface area (Å²) in [6.45, 7) is 0. The van der Waals surface area contributed by atoms with Crippen LogP contribution in [0.15, 0.2) is 212 Å². The van der Waals surface area contributed by atoms with E-state index in [0.29, 0.717) is 17.5 Å². The molecule has 0 saturated heterocycles. The van der Waals surface area contributed by atoms with Crippen LogP contribution in [-0.2, 0) is 5.41 Å². The molecular formula is C52H35N3. The largest absolute Gasteiger partial charge is 0.208 e. The fraction of sp³-hybridized carbons (Fsp3) is 0.0192. The lowest BCUT2D eigenvalue weighted by molar-refractivity contribution is 0.769. The van der Waals surface area contributed by atoms with Crippen molar-refractivity contribution in [3.63, 3.8) is 0 Å². The summed E-state index contributed by atoms with van der Waals surface area (Å²) in [5, 5.41) is 0.